The molecule has 1 aromatic carbocycles. The molecule has 114 valence electrons. The second kappa shape index (κ2) is 9.18. The van der Waals surface area contributed by atoms with Crippen molar-refractivity contribution >= 4 is 15.9 Å². The molecule has 1 aromatic rings. The minimum absolute atomic E-state index is 0.365. The van der Waals surface area contributed by atoms with Crippen LogP contribution in [-0.2, 0) is 11.3 Å². The summed E-state index contributed by atoms with van der Waals surface area (Å²) in [5.41, 5.74) is 1.08. The zero-order valence-corrected chi connectivity index (χ0v) is 13.7. The summed E-state index contributed by atoms with van der Waals surface area (Å²) in [4.78, 5) is 0. The number of hydrogen-bond donors (Lipinski definition) is 2. The molecule has 2 N–H and O–H groups in total. The third-order valence-corrected chi connectivity index (χ3v) is 3.42. The quantitative estimate of drug-likeness (QED) is 0.668. The Morgan fingerprint density at radius 2 is 2.00 bits per heavy atom. The topological polar surface area (TPSA) is 60.0 Å². The first kappa shape index (κ1) is 17.2. The van der Waals surface area contributed by atoms with E-state index in [2.05, 4.69) is 21.2 Å². The number of benzene rings is 1. The van der Waals surface area contributed by atoms with E-state index >= 15 is 0 Å². The molecule has 0 amide bonds. The summed E-state index contributed by atoms with van der Waals surface area (Å²) in [5.74, 6) is 1.38. The fourth-order valence-electron chi connectivity index (χ4n) is 1.85. The molecule has 0 spiro atoms. The second-order valence-corrected chi connectivity index (χ2v) is 5.24. The van der Waals surface area contributed by atoms with Crippen LogP contribution in [-0.4, -0.2) is 45.7 Å². The van der Waals surface area contributed by atoms with Gasteiger partial charge in [-0.1, -0.05) is 0 Å². The SMILES string of the molecule is COCC(O)CCNCc1cc(Br)c(OC)c(OC)c1. The number of halogens is 1. The Kier molecular flexibility index (Phi) is 7.91. The van der Waals surface area contributed by atoms with Gasteiger partial charge in [0.2, 0.25) is 0 Å². The number of nitrogens with one attached hydrogen (secondary N) is 1. The molecular formula is C14H22BrNO4. The molecule has 0 aromatic heterocycles. The average molecular weight is 348 g/mol. The smallest absolute Gasteiger partial charge is 0.174 e. The van der Waals surface area contributed by atoms with Crippen LogP contribution in [0.4, 0.5) is 0 Å². The number of rotatable bonds is 9. The Balaban J connectivity index is 2.50. The molecule has 0 aliphatic heterocycles. The van der Waals surface area contributed by atoms with Crippen molar-refractivity contribution in [2.24, 2.45) is 0 Å². The first-order valence-electron chi connectivity index (χ1n) is 6.40. The zero-order valence-electron chi connectivity index (χ0n) is 12.1. The van der Waals surface area contributed by atoms with Crippen LogP contribution >= 0.6 is 15.9 Å². The monoisotopic (exact) mass is 347 g/mol. The van der Waals surface area contributed by atoms with E-state index < -0.39 is 6.10 Å². The van der Waals surface area contributed by atoms with E-state index in [1.54, 1.807) is 21.3 Å². The van der Waals surface area contributed by atoms with Crippen LogP contribution in [0.25, 0.3) is 0 Å². The van der Waals surface area contributed by atoms with Crippen LogP contribution in [0.2, 0.25) is 0 Å². The minimum atomic E-state index is -0.426. The molecule has 5 nitrogen and oxygen atoms in total. The van der Waals surface area contributed by atoms with E-state index in [9.17, 15) is 5.11 Å². The van der Waals surface area contributed by atoms with Crippen molar-refractivity contribution in [1.29, 1.82) is 0 Å². The van der Waals surface area contributed by atoms with Crippen molar-refractivity contribution in [2.45, 2.75) is 19.1 Å². The molecule has 1 atom stereocenters. The molecule has 0 fully saturated rings. The van der Waals surface area contributed by atoms with Crippen LogP contribution in [0.1, 0.15) is 12.0 Å². The molecule has 0 heterocycles. The van der Waals surface area contributed by atoms with Gasteiger partial charge < -0.3 is 24.6 Å². The molecular weight excluding hydrogens is 326 g/mol. The third kappa shape index (κ3) is 5.28. The van der Waals surface area contributed by atoms with Gasteiger partial charge in [0, 0.05) is 13.7 Å². The number of hydrogen-bond acceptors (Lipinski definition) is 5. The van der Waals surface area contributed by atoms with Gasteiger partial charge in [0.15, 0.2) is 11.5 Å². The van der Waals surface area contributed by atoms with Crippen molar-refractivity contribution < 1.29 is 19.3 Å². The van der Waals surface area contributed by atoms with Gasteiger partial charge >= 0.3 is 0 Å². The van der Waals surface area contributed by atoms with E-state index in [-0.39, 0.29) is 0 Å². The second-order valence-electron chi connectivity index (χ2n) is 4.39. The zero-order chi connectivity index (χ0) is 15.0. The summed E-state index contributed by atoms with van der Waals surface area (Å²) < 4.78 is 16.3. The van der Waals surface area contributed by atoms with Gasteiger partial charge in [0.1, 0.15) is 0 Å². The molecule has 0 radical (unpaired) electrons. The highest BCUT2D eigenvalue weighted by atomic mass is 79.9. The lowest BCUT2D eigenvalue weighted by Gasteiger charge is -2.13. The predicted octanol–water partition coefficient (Wildman–Crippen LogP) is 1.95. The van der Waals surface area contributed by atoms with Gasteiger partial charge in [-0.2, -0.15) is 0 Å². The van der Waals surface area contributed by atoms with Crippen molar-refractivity contribution in [1.82, 2.24) is 5.32 Å². The molecule has 6 heteroatoms. The maximum atomic E-state index is 9.53. The summed E-state index contributed by atoms with van der Waals surface area (Å²) in [6, 6.07) is 3.92. The lowest BCUT2D eigenvalue weighted by molar-refractivity contribution is 0.0594. The molecule has 1 unspecified atom stereocenters. The largest absolute Gasteiger partial charge is 0.493 e. The number of aliphatic hydroxyl groups is 1. The standard InChI is InChI=1S/C14H22BrNO4/c1-18-9-11(17)4-5-16-8-10-6-12(15)14(20-3)13(7-10)19-2/h6-7,11,16-17H,4-5,8-9H2,1-3H3. The fourth-order valence-corrected chi connectivity index (χ4v) is 2.50. The van der Waals surface area contributed by atoms with Gasteiger partial charge in [-0.15, -0.1) is 0 Å². The van der Waals surface area contributed by atoms with Crippen LogP contribution < -0.4 is 14.8 Å². The van der Waals surface area contributed by atoms with Gasteiger partial charge in [-0.05, 0) is 46.6 Å². The van der Waals surface area contributed by atoms with Gasteiger partial charge in [-0.3, -0.25) is 0 Å². The van der Waals surface area contributed by atoms with Crippen molar-refractivity contribution in [3.63, 3.8) is 0 Å². The molecule has 20 heavy (non-hydrogen) atoms. The first-order valence-corrected chi connectivity index (χ1v) is 7.19. The van der Waals surface area contributed by atoms with Crippen LogP contribution in [0, 0.1) is 0 Å². The Morgan fingerprint density at radius 3 is 2.60 bits per heavy atom. The normalized spacial score (nSPS) is 12.2. The van der Waals surface area contributed by atoms with Gasteiger partial charge in [0.05, 0.1) is 31.4 Å². The summed E-state index contributed by atoms with van der Waals surface area (Å²) in [5, 5.41) is 12.8. The van der Waals surface area contributed by atoms with E-state index in [0.717, 1.165) is 16.6 Å². The van der Waals surface area contributed by atoms with Crippen LogP contribution in [0.5, 0.6) is 11.5 Å². The Morgan fingerprint density at radius 1 is 1.25 bits per heavy atom. The first-order chi connectivity index (χ1) is 9.62. The summed E-state index contributed by atoms with van der Waals surface area (Å²) >= 11 is 3.46. The lowest BCUT2D eigenvalue weighted by Crippen LogP contribution is -2.23. The predicted molar refractivity (Wildman–Crippen MR) is 81.5 cm³/mol. The van der Waals surface area contributed by atoms with Gasteiger partial charge in [0.25, 0.3) is 0 Å². The minimum Gasteiger partial charge on any atom is -0.493 e. The maximum Gasteiger partial charge on any atom is 0.174 e. The Hall–Kier alpha value is -0.820. The molecule has 0 saturated heterocycles. The molecule has 0 aliphatic carbocycles. The van der Waals surface area contributed by atoms with E-state index in [4.69, 9.17) is 14.2 Å². The summed E-state index contributed by atoms with van der Waals surface area (Å²) in [7, 11) is 4.80. The number of aliphatic hydroxyl groups excluding tert-OH is 1. The van der Waals surface area contributed by atoms with Crippen molar-refractivity contribution in [2.75, 3.05) is 34.5 Å². The third-order valence-electron chi connectivity index (χ3n) is 2.84. The van der Waals surface area contributed by atoms with Crippen LogP contribution in [0.3, 0.4) is 0 Å². The summed E-state index contributed by atoms with van der Waals surface area (Å²) in [6.45, 7) is 1.78. The Bertz CT molecular complexity index is 414. The lowest BCUT2D eigenvalue weighted by atomic mass is 10.2. The maximum absolute atomic E-state index is 9.53. The molecule has 0 saturated carbocycles. The summed E-state index contributed by atoms with van der Waals surface area (Å²) in [6.07, 6.45) is 0.229. The van der Waals surface area contributed by atoms with Crippen molar-refractivity contribution in [3.05, 3.63) is 22.2 Å². The highest BCUT2D eigenvalue weighted by molar-refractivity contribution is 9.10. The highest BCUT2D eigenvalue weighted by Gasteiger charge is 2.10. The number of ether oxygens (including phenoxy) is 3. The Labute approximate surface area is 128 Å². The van der Waals surface area contributed by atoms with Gasteiger partial charge in [-0.25, -0.2) is 0 Å². The molecule has 1 rings (SSSR count). The molecule has 0 aliphatic rings. The van der Waals surface area contributed by atoms with Crippen molar-refractivity contribution in [3.8, 4) is 11.5 Å². The number of methoxy groups -OCH3 is 3. The van der Waals surface area contributed by atoms with E-state index in [0.29, 0.717) is 31.1 Å². The fraction of sp³-hybridized carbons (Fsp3) is 0.571. The van der Waals surface area contributed by atoms with Crippen LogP contribution in [0.15, 0.2) is 16.6 Å². The highest BCUT2D eigenvalue weighted by Crippen LogP contribution is 2.36. The molecule has 0 bridgehead atoms. The van der Waals surface area contributed by atoms with E-state index in [1.807, 2.05) is 12.1 Å². The average Bonchev–Trinajstić information content (AvgIpc) is 2.43. The van der Waals surface area contributed by atoms with E-state index in [1.165, 1.54) is 0 Å².